The van der Waals surface area contributed by atoms with Gasteiger partial charge in [-0.3, -0.25) is 0 Å². The predicted molar refractivity (Wildman–Crippen MR) is 125 cm³/mol. The largest absolute Gasteiger partial charge is 0 e. The minimum absolute atomic E-state index is 0. The summed E-state index contributed by atoms with van der Waals surface area (Å²) in [5.74, 6) is 0.942. The normalized spacial score (nSPS) is 8.00. The number of benzene rings is 3. The average molecular weight is 654 g/mol. The van der Waals surface area contributed by atoms with Crippen molar-refractivity contribution in [2.24, 2.45) is 0 Å². The Bertz CT molecular complexity index is 1200. The molecule has 35 heavy (non-hydrogen) atoms. The first-order chi connectivity index (χ1) is 16.8. The zero-order valence-electron chi connectivity index (χ0n) is 18.8. The molecule has 4 aromatic rings. The van der Waals surface area contributed by atoms with E-state index in [-0.39, 0.29) is 21.1 Å². The molecule has 0 radical (unpaired) electrons. The topological polar surface area (TPSA) is 109 Å². The Morgan fingerprint density at radius 3 is 1.69 bits per heavy atom. The van der Waals surface area contributed by atoms with Gasteiger partial charge in [-0.25, -0.2) is 0 Å². The van der Waals surface area contributed by atoms with Crippen LogP contribution in [-0.4, -0.2) is 7.11 Å². The van der Waals surface area contributed by atoms with E-state index in [1.54, 1.807) is 7.11 Å². The summed E-state index contributed by atoms with van der Waals surface area (Å²) in [7, 11) is 2.40. The van der Waals surface area contributed by atoms with Gasteiger partial charge < -0.3 is 4.74 Å². The van der Waals surface area contributed by atoms with E-state index in [2.05, 4.69) is 101 Å². The first-order valence-corrected chi connectivity index (χ1v) is 10.1. The van der Waals surface area contributed by atoms with Crippen molar-refractivity contribution in [3.63, 3.8) is 0 Å². The van der Waals surface area contributed by atoms with Crippen molar-refractivity contribution in [1.82, 2.24) is 0 Å². The first-order valence-electron chi connectivity index (χ1n) is 9.11. The number of ether oxygens (including phenoxy) is 1. The quantitative estimate of drug-likeness (QED) is 0.187. The van der Waals surface area contributed by atoms with Crippen LogP contribution in [0, 0.1) is 40.2 Å². The molecule has 1 heterocycles. The fraction of sp³-hybridized carbons (Fsp3) is 0.0741. The average Bonchev–Trinajstić information content (AvgIpc) is 3.34. The smallest absolute Gasteiger partial charge is 0 e. The minimum atomic E-state index is 0. The molecule has 8 heteroatoms. The van der Waals surface area contributed by atoms with Crippen LogP contribution in [0.25, 0.3) is 32.5 Å². The van der Waals surface area contributed by atoms with Crippen LogP contribution in [0.5, 0.6) is 5.75 Å². The molecule has 1 aromatic heterocycles. The van der Waals surface area contributed by atoms with E-state index in [4.69, 9.17) is 28.0 Å². The molecule has 0 saturated heterocycles. The van der Waals surface area contributed by atoms with Crippen molar-refractivity contribution in [2.45, 2.75) is 6.92 Å². The zero-order valence-corrected chi connectivity index (χ0v) is 22.7. The summed E-state index contributed by atoms with van der Waals surface area (Å²) in [5.41, 5.74) is 5.10. The van der Waals surface area contributed by atoms with E-state index in [9.17, 15) is 0 Å². The molecule has 0 fully saturated rings. The number of rotatable bonds is 3. The summed E-state index contributed by atoms with van der Waals surface area (Å²) < 4.78 is 43.1. The number of hydrogen-bond acceptors (Lipinski definition) is 1. The van der Waals surface area contributed by atoms with Gasteiger partial charge in [0.15, 0.2) is 0 Å². The van der Waals surface area contributed by atoms with Crippen molar-refractivity contribution in [2.75, 3.05) is 7.11 Å². The molecule has 1 atom stereocenters. The SMILES string of the molecule is COc1ccccc1-c1[pH]c2ccccc2c1-c1ccc(C)cc1.[C-]#[O+].[C-]#[O+].[C-]#[O+].[C-]#[O+].[C-]#[O+].[W]. The van der Waals surface area contributed by atoms with Crippen LogP contribution < -0.4 is 4.74 Å². The molecule has 0 spiro atoms. The molecule has 0 N–H and O–H groups in total. The van der Waals surface area contributed by atoms with Crippen molar-refractivity contribution in [1.29, 1.82) is 0 Å². The van der Waals surface area contributed by atoms with Crippen LogP contribution >= 0.6 is 8.19 Å². The van der Waals surface area contributed by atoms with Crippen molar-refractivity contribution in [3.8, 4) is 27.7 Å². The van der Waals surface area contributed by atoms with Gasteiger partial charge in [-0.15, -0.1) is 8.19 Å². The molecule has 0 aliphatic heterocycles. The summed E-state index contributed by atoms with van der Waals surface area (Å²) in [5, 5.41) is 4.13. The number of hydrogen-bond donors (Lipinski definition) is 0. The van der Waals surface area contributed by atoms with Crippen LogP contribution in [0.2, 0.25) is 0 Å². The summed E-state index contributed by atoms with van der Waals surface area (Å²) in [6.45, 7) is 24.6. The third-order valence-electron chi connectivity index (χ3n) is 4.42. The van der Waals surface area contributed by atoms with Gasteiger partial charge in [0.05, 0.1) is 7.11 Å². The Labute approximate surface area is 220 Å². The number of fused-ring (bicyclic) bond motifs is 1. The molecule has 1 unspecified atom stereocenters. The Morgan fingerprint density at radius 1 is 0.657 bits per heavy atom. The summed E-state index contributed by atoms with van der Waals surface area (Å²) in [6, 6.07) is 25.9. The molecule has 0 bridgehead atoms. The van der Waals surface area contributed by atoms with Crippen molar-refractivity contribution < 1.29 is 49.1 Å². The van der Waals surface area contributed by atoms with Gasteiger partial charge in [0.2, 0.25) is 0 Å². The third kappa shape index (κ3) is 9.95. The third-order valence-corrected chi connectivity index (χ3v) is 5.90. The maximum absolute atomic E-state index is 7.50. The molecule has 4 rings (SSSR count). The van der Waals surface area contributed by atoms with Crippen molar-refractivity contribution >= 4 is 18.7 Å². The van der Waals surface area contributed by atoms with Crippen molar-refractivity contribution in [3.05, 3.63) is 112 Å². The van der Waals surface area contributed by atoms with Gasteiger partial charge in [0.1, 0.15) is 5.75 Å². The summed E-state index contributed by atoms with van der Waals surface area (Å²) >= 11 is 0. The fourth-order valence-corrected chi connectivity index (χ4v) is 4.75. The second-order valence-corrected chi connectivity index (χ2v) is 7.28. The molecule has 3 aromatic carbocycles. The standard InChI is InChI=1S/C22H19OP.5CO.W/c1-15-11-13-16(14-12-15)21-18-8-4-6-10-20(18)24-22(21)17-7-3-5-9-19(17)23-2;5*1-2;/h3-14,24H,1-2H3;;;;;;. The first kappa shape index (κ1) is 36.5. The van der Waals surface area contributed by atoms with Gasteiger partial charge in [-0.1, -0.05) is 72.3 Å². The Hall–Kier alpha value is -3.11. The van der Waals surface area contributed by atoms with Crippen LogP contribution in [-0.2, 0) is 44.3 Å². The van der Waals surface area contributed by atoms with E-state index in [0.717, 1.165) is 5.75 Å². The monoisotopic (exact) mass is 654 g/mol. The predicted octanol–water partition coefficient (Wildman–Crippen LogP) is 6.33. The minimum Gasteiger partial charge on any atom is 0 e. The van der Waals surface area contributed by atoms with Crippen LogP contribution in [0.4, 0.5) is 0 Å². The maximum atomic E-state index is 7.50. The molecule has 6 nitrogen and oxygen atoms in total. The van der Waals surface area contributed by atoms with Gasteiger partial charge in [0, 0.05) is 37.5 Å². The summed E-state index contributed by atoms with van der Waals surface area (Å²) in [4.78, 5) is 0. The second kappa shape index (κ2) is 22.7. The Balaban J connectivity index is -0.000000834. The second-order valence-electron chi connectivity index (χ2n) is 5.99. The van der Waals surface area contributed by atoms with E-state index in [0.29, 0.717) is 8.19 Å². The molecule has 0 aliphatic rings. The number of aryl methyl sites for hydroxylation is 1. The molecule has 0 aliphatic carbocycles. The van der Waals surface area contributed by atoms with E-state index in [1.165, 1.54) is 38.1 Å². The van der Waals surface area contributed by atoms with Gasteiger partial charge in [-0.05, 0) is 29.1 Å². The van der Waals surface area contributed by atoms with Gasteiger partial charge in [0.25, 0.3) is 0 Å². The molecule has 0 amide bonds. The maximum Gasteiger partial charge on any atom is 0 e. The Morgan fingerprint density at radius 2 is 1.14 bits per heavy atom. The number of methoxy groups -OCH3 is 1. The number of para-hydroxylation sites is 1. The summed E-state index contributed by atoms with van der Waals surface area (Å²) in [6.07, 6.45) is 0. The van der Waals surface area contributed by atoms with Gasteiger partial charge in [-0.2, -0.15) is 0 Å². The van der Waals surface area contributed by atoms with Crippen LogP contribution in [0.3, 0.4) is 0 Å². The molecule has 0 saturated carbocycles. The zero-order chi connectivity index (χ0) is 26.5. The molecule has 174 valence electrons. The van der Waals surface area contributed by atoms with E-state index < -0.39 is 0 Å². The van der Waals surface area contributed by atoms with E-state index in [1.807, 2.05) is 12.1 Å². The Kier molecular flexibility index (Phi) is 23.6. The molecular weight excluding hydrogens is 635 g/mol. The van der Waals surface area contributed by atoms with E-state index >= 15 is 0 Å². The molecular formula is C27H19O6PW. The van der Waals surface area contributed by atoms with Gasteiger partial charge >= 0.3 is 56.5 Å². The fourth-order valence-electron chi connectivity index (χ4n) is 3.22. The van der Waals surface area contributed by atoms with Crippen LogP contribution in [0.15, 0.2) is 72.8 Å². The van der Waals surface area contributed by atoms with Crippen LogP contribution in [0.1, 0.15) is 5.56 Å².